The molecule has 1 fully saturated rings. The molecule has 1 N–H and O–H groups in total. The van der Waals surface area contributed by atoms with Gasteiger partial charge in [-0.25, -0.2) is 4.98 Å². The van der Waals surface area contributed by atoms with Crippen molar-refractivity contribution in [3.05, 3.63) is 34.6 Å². The Bertz CT molecular complexity index is 1110. The van der Waals surface area contributed by atoms with E-state index in [0.717, 1.165) is 49.3 Å². The number of likely N-dealkylation sites (tertiary alicyclic amines) is 1. The van der Waals surface area contributed by atoms with E-state index in [0.29, 0.717) is 29.4 Å². The second-order valence-corrected chi connectivity index (χ2v) is 10.1. The molecule has 0 spiro atoms. The fourth-order valence-electron chi connectivity index (χ4n) is 4.89. The summed E-state index contributed by atoms with van der Waals surface area (Å²) in [6, 6.07) is 5.95. The van der Waals surface area contributed by atoms with Gasteiger partial charge in [-0.1, -0.05) is 25.4 Å². The number of nitrogens with zero attached hydrogens (tertiary/aromatic N) is 4. The molecule has 2 aromatic heterocycles. The van der Waals surface area contributed by atoms with Gasteiger partial charge < -0.3 is 14.8 Å². The molecule has 4 heterocycles. The number of amides is 2. The zero-order valence-electron chi connectivity index (χ0n) is 18.7. The molecule has 0 radical (unpaired) electrons. The molecular formula is C24H28ClN5O2. The third-order valence-corrected chi connectivity index (χ3v) is 6.70. The van der Waals surface area contributed by atoms with Crippen LogP contribution in [0.2, 0.25) is 5.02 Å². The summed E-state index contributed by atoms with van der Waals surface area (Å²) in [6.45, 7) is 8.11. The molecule has 0 saturated carbocycles. The molecule has 168 valence electrons. The number of pyridine rings is 1. The topological polar surface area (TPSA) is 91.0 Å². The van der Waals surface area contributed by atoms with Gasteiger partial charge in [0.05, 0.1) is 16.3 Å². The van der Waals surface area contributed by atoms with Crippen LogP contribution in [0.15, 0.2) is 18.3 Å². The van der Waals surface area contributed by atoms with Gasteiger partial charge in [-0.3, -0.25) is 9.59 Å². The van der Waals surface area contributed by atoms with E-state index in [1.165, 1.54) is 6.20 Å². The van der Waals surface area contributed by atoms with Crippen LogP contribution in [0.25, 0.3) is 11.3 Å². The van der Waals surface area contributed by atoms with Crippen LogP contribution in [-0.2, 0) is 22.6 Å². The Hall–Kier alpha value is -2.85. The molecule has 2 amide bonds. The average Bonchev–Trinajstić information content (AvgIpc) is 3.22. The van der Waals surface area contributed by atoms with Gasteiger partial charge >= 0.3 is 0 Å². The Kier molecular flexibility index (Phi) is 6.00. The third-order valence-electron chi connectivity index (χ3n) is 6.40. The van der Waals surface area contributed by atoms with Gasteiger partial charge in [0, 0.05) is 50.4 Å². The van der Waals surface area contributed by atoms with E-state index in [9.17, 15) is 14.9 Å². The van der Waals surface area contributed by atoms with Crippen molar-refractivity contribution in [1.29, 1.82) is 5.26 Å². The van der Waals surface area contributed by atoms with Crippen molar-refractivity contribution < 1.29 is 9.59 Å². The van der Waals surface area contributed by atoms with Crippen molar-refractivity contribution >= 4 is 29.2 Å². The van der Waals surface area contributed by atoms with Crippen LogP contribution in [0.3, 0.4) is 0 Å². The molecule has 8 heteroatoms. The number of piperidine rings is 1. The first kappa shape index (κ1) is 22.3. The van der Waals surface area contributed by atoms with Gasteiger partial charge in [0.25, 0.3) is 0 Å². The maximum atomic E-state index is 12.7. The number of carbonyl (C=O) groups excluding carboxylic acids is 2. The minimum Gasteiger partial charge on any atom is -0.343 e. The van der Waals surface area contributed by atoms with E-state index in [1.807, 2.05) is 11.0 Å². The second kappa shape index (κ2) is 8.59. The molecule has 0 aromatic carbocycles. The Morgan fingerprint density at radius 2 is 2.16 bits per heavy atom. The molecule has 1 saturated heterocycles. The zero-order chi connectivity index (χ0) is 23.0. The highest BCUT2D eigenvalue weighted by molar-refractivity contribution is 6.33. The summed E-state index contributed by atoms with van der Waals surface area (Å²) in [4.78, 5) is 30.4. The predicted octanol–water partition coefficient (Wildman–Crippen LogP) is 4.24. The summed E-state index contributed by atoms with van der Waals surface area (Å²) in [5.41, 5.74) is 3.38. The molecule has 2 aliphatic heterocycles. The van der Waals surface area contributed by atoms with Gasteiger partial charge in [0.2, 0.25) is 11.8 Å². The van der Waals surface area contributed by atoms with Crippen molar-refractivity contribution in [1.82, 2.24) is 14.5 Å². The lowest BCUT2D eigenvalue weighted by Gasteiger charge is -2.31. The minimum atomic E-state index is -0.125. The van der Waals surface area contributed by atoms with Crippen LogP contribution in [-0.4, -0.2) is 39.4 Å². The molecule has 2 aliphatic rings. The number of carbonyl (C=O) groups is 2. The highest BCUT2D eigenvalue weighted by Gasteiger charge is 2.33. The van der Waals surface area contributed by atoms with Crippen molar-refractivity contribution in [2.24, 2.45) is 11.3 Å². The SMILES string of the molecule is CC(=O)N1CCCC(CC(=O)Nc2cc(-c3cc(C#N)c4n3CC(C)(C)C4)c(Cl)cn2)C1. The van der Waals surface area contributed by atoms with Crippen molar-refractivity contribution in [2.75, 3.05) is 18.4 Å². The van der Waals surface area contributed by atoms with Crippen LogP contribution in [0.4, 0.5) is 5.82 Å². The Morgan fingerprint density at radius 3 is 2.88 bits per heavy atom. The van der Waals surface area contributed by atoms with E-state index in [-0.39, 0.29) is 23.1 Å². The number of nitrogens with one attached hydrogen (secondary N) is 1. The monoisotopic (exact) mass is 453 g/mol. The molecule has 1 unspecified atom stereocenters. The van der Waals surface area contributed by atoms with Crippen molar-refractivity contribution in [3.63, 3.8) is 0 Å². The quantitative estimate of drug-likeness (QED) is 0.749. The number of hydrogen-bond acceptors (Lipinski definition) is 4. The number of rotatable bonds is 4. The zero-order valence-corrected chi connectivity index (χ0v) is 19.5. The molecule has 32 heavy (non-hydrogen) atoms. The summed E-state index contributed by atoms with van der Waals surface area (Å²) in [5, 5.41) is 13.0. The van der Waals surface area contributed by atoms with Crippen LogP contribution in [0.5, 0.6) is 0 Å². The van der Waals surface area contributed by atoms with Crippen LogP contribution >= 0.6 is 11.6 Å². The van der Waals surface area contributed by atoms with Crippen LogP contribution in [0, 0.1) is 22.7 Å². The highest BCUT2D eigenvalue weighted by Crippen LogP contribution is 2.41. The highest BCUT2D eigenvalue weighted by atomic mass is 35.5. The van der Waals surface area contributed by atoms with Gasteiger partial charge in [-0.2, -0.15) is 5.26 Å². The number of fused-ring (bicyclic) bond motifs is 1. The molecule has 7 nitrogen and oxygen atoms in total. The summed E-state index contributed by atoms with van der Waals surface area (Å²) < 4.78 is 2.16. The van der Waals surface area contributed by atoms with Crippen molar-refractivity contribution in [2.45, 2.75) is 53.0 Å². The standard InChI is InChI=1S/C24H28ClN5O2/c1-15(31)29-6-4-5-16(13-29)7-23(32)28-22-9-18(19(25)12-27-22)20-8-17(11-26)21-10-24(2,3)14-30(20)21/h8-9,12,16H,4-7,10,13-14H2,1-3H3,(H,27,28,32). The molecule has 1 atom stereocenters. The van der Waals surface area contributed by atoms with Gasteiger partial charge in [-0.15, -0.1) is 0 Å². The van der Waals surface area contributed by atoms with Gasteiger partial charge in [0.1, 0.15) is 11.9 Å². The molecular weight excluding hydrogens is 426 g/mol. The van der Waals surface area contributed by atoms with E-state index in [2.05, 4.69) is 34.8 Å². The van der Waals surface area contributed by atoms with E-state index < -0.39 is 0 Å². The Labute approximate surface area is 193 Å². The molecule has 4 rings (SSSR count). The average molecular weight is 454 g/mol. The van der Waals surface area contributed by atoms with Gasteiger partial charge in [-0.05, 0) is 42.7 Å². The first-order valence-corrected chi connectivity index (χ1v) is 11.4. The number of anilines is 1. The van der Waals surface area contributed by atoms with E-state index >= 15 is 0 Å². The number of nitriles is 1. The van der Waals surface area contributed by atoms with Crippen LogP contribution < -0.4 is 5.32 Å². The van der Waals surface area contributed by atoms with Gasteiger partial charge in [0.15, 0.2) is 0 Å². The summed E-state index contributed by atoms with van der Waals surface area (Å²) in [6.07, 6.45) is 4.56. The lowest BCUT2D eigenvalue weighted by molar-refractivity contribution is -0.131. The molecule has 2 aromatic rings. The minimum absolute atomic E-state index is 0.0544. The normalized spacial score (nSPS) is 19.3. The Morgan fingerprint density at radius 1 is 1.38 bits per heavy atom. The Balaban J connectivity index is 1.53. The first-order chi connectivity index (χ1) is 15.2. The number of halogens is 1. The number of hydrogen-bond donors (Lipinski definition) is 1. The van der Waals surface area contributed by atoms with Crippen molar-refractivity contribution in [3.8, 4) is 17.3 Å². The maximum Gasteiger partial charge on any atom is 0.225 e. The fraction of sp³-hybridized carbons (Fsp3) is 0.500. The summed E-state index contributed by atoms with van der Waals surface area (Å²) >= 11 is 6.48. The molecule has 0 aliphatic carbocycles. The maximum absolute atomic E-state index is 12.7. The third kappa shape index (κ3) is 4.51. The van der Waals surface area contributed by atoms with E-state index in [1.54, 1.807) is 13.0 Å². The smallest absolute Gasteiger partial charge is 0.225 e. The van der Waals surface area contributed by atoms with E-state index in [4.69, 9.17) is 11.6 Å². The first-order valence-electron chi connectivity index (χ1n) is 11.0. The lowest BCUT2D eigenvalue weighted by atomic mass is 9.90. The largest absolute Gasteiger partial charge is 0.343 e. The second-order valence-electron chi connectivity index (χ2n) is 9.70. The molecule has 0 bridgehead atoms. The fourth-order valence-corrected chi connectivity index (χ4v) is 5.09. The summed E-state index contributed by atoms with van der Waals surface area (Å²) in [5.74, 6) is 0.507. The lowest BCUT2D eigenvalue weighted by Crippen LogP contribution is -2.39. The predicted molar refractivity (Wildman–Crippen MR) is 123 cm³/mol. The summed E-state index contributed by atoms with van der Waals surface area (Å²) in [7, 11) is 0. The number of aromatic nitrogens is 2. The van der Waals surface area contributed by atoms with Crippen LogP contribution in [0.1, 0.15) is 51.3 Å².